The van der Waals surface area contributed by atoms with Crippen molar-refractivity contribution < 1.29 is 14.3 Å². The highest BCUT2D eigenvalue weighted by molar-refractivity contribution is 5.76. The number of hydrogen-bond donors (Lipinski definition) is 0. The maximum absolute atomic E-state index is 11.6. The van der Waals surface area contributed by atoms with E-state index in [0.29, 0.717) is 18.9 Å². The average Bonchev–Trinajstić information content (AvgIpc) is 2.52. The van der Waals surface area contributed by atoms with Gasteiger partial charge in [-0.15, -0.1) is 0 Å². The molecule has 0 aliphatic carbocycles. The number of benzene rings is 1. The number of carbonyl (C=O) groups excluding carboxylic acids is 1. The number of ether oxygens (including phenoxy) is 2. The van der Waals surface area contributed by atoms with E-state index in [1.54, 1.807) is 7.11 Å². The second-order valence-corrected chi connectivity index (χ2v) is 6.26. The van der Waals surface area contributed by atoms with Crippen molar-refractivity contribution in [3.05, 3.63) is 23.8 Å². The Kier molecular flexibility index (Phi) is 6.28. The van der Waals surface area contributed by atoms with Gasteiger partial charge in [0.25, 0.3) is 0 Å². The molecule has 0 aromatic heterocycles. The Hall–Kier alpha value is -1.75. The molecule has 1 aromatic rings. The van der Waals surface area contributed by atoms with E-state index in [1.807, 2.05) is 31.0 Å². The van der Waals surface area contributed by atoms with Crippen molar-refractivity contribution in [2.75, 3.05) is 40.9 Å². The zero-order valence-electron chi connectivity index (χ0n) is 14.7. The predicted molar refractivity (Wildman–Crippen MR) is 90.9 cm³/mol. The number of methoxy groups -OCH3 is 1. The Labute approximate surface area is 139 Å². The van der Waals surface area contributed by atoms with E-state index in [9.17, 15) is 4.79 Å². The molecule has 0 N–H and O–H groups in total. The fraction of sp³-hybridized carbons (Fsp3) is 0.611. The van der Waals surface area contributed by atoms with E-state index in [1.165, 1.54) is 0 Å². The third kappa shape index (κ3) is 4.61. The van der Waals surface area contributed by atoms with Gasteiger partial charge in [-0.1, -0.05) is 12.1 Å². The van der Waals surface area contributed by atoms with Crippen molar-refractivity contribution in [1.82, 2.24) is 9.80 Å². The van der Waals surface area contributed by atoms with Crippen LogP contribution in [0.5, 0.6) is 11.5 Å². The Morgan fingerprint density at radius 1 is 1.39 bits per heavy atom. The van der Waals surface area contributed by atoms with Gasteiger partial charge in [0.15, 0.2) is 11.5 Å². The third-order valence-electron chi connectivity index (χ3n) is 4.30. The van der Waals surface area contributed by atoms with E-state index < -0.39 is 0 Å². The third-order valence-corrected chi connectivity index (χ3v) is 4.30. The minimum absolute atomic E-state index is 0.260. The first-order valence-electron chi connectivity index (χ1n) is 8.26. The molecule has 1 aliphatic rings. The molecule has 1 fully saturated rings. The van der Waals surface area contributed by atoms with Gasteiger partial charge in [-0.25, -0.2) is 0 Å². The number of hydrogen-bond acceptors (Lipinski definition) is 4. The number of para-hydroxylation sites is 1. The van der Waals surface area contributed by atoms with Crippen LogP contribution in [0.3, 0.4) is 0 Å². The molecule has 1 amide bonds. The molecule has 2 rings (SSSR count). The molecule has 0 bridgehead atoms. The van der Waals surface area contributed by atoms with Gasteiger partial charge < -0.3 is 19.3 Å². The highest BCUT2D eigenvalue weighted by atomic mass is 16.5. The Morgan fingerprint density at radius 2 is 2.17 bits per heavy atom. The number of carbonyl (C=O) groups is 1. The molecule has 0 spiro atoms. The minimum Gasteiger partial charge on any atom is -0.493 e. The van der Waals surface area contributed by atoms with Gasteiger partial charge in [-0.05, 0) is 32.4 Å². The summed E-state index contributed by atoms with van der Waals surface area (Å²) in [7, 11) is 5.68. The first-order valence-corrected chi connectivity index (χ1v) is 8.26. The van der Waals surface area contributed by atoms with Crippen LogP contribution in [0, 0.1) is 5.92 Å². The minimum atomic E-state index is 0.260. The van der Waals surface area contributed by atoms with Crippen LogP contribution in [-0.2, 0) is 11.3 Å². The van der Waals surface area contributed by atoms with E-state index >= 15 is 0 Å². The van der Waals surface area contributed by atoms with Gasteiger partial charge >= 0.3 is 0 Å². The van der Waals surface area contributed by atoms with Crippen LogP contribution in [0.4, 0.5) is 0 Å². The Balaban J connectivity index is 2.00. The second-order valence-electron chi connectivity index (χ2n) is 6.26. The van der Waals surface area contributed by atoms with Gasteiger partial charge in [0.05, 0.1) is 13.7 Å². The summed E-state index contributed by atoms with van der Waals surface area (Å²) < 4.78 is 11.2. The zero-order valence-corrected chi connectivity index (χ0v) is 14.7. The van der Waals surface area contributed by atoms with Gasteiger partial charge in [0.2, 0.25) is 5.91 Å². The van der Waals surface area contributed by atoms with Crippen LogP contribution in [-0.4, -0.2) is 56.6 Å². The molecule has 1 heterocycles. The summed E-state index contributed by atoms with van der Waals surface area (Å²) in [5.41, 5.74) is 1.13. The lowest BCUT2D eigenvalue weighted by molar-refractivity contribution is -0.133. The predicted octanol–water partition coefficient (Wildman–Crippen LogP) is 2.39. The average molecular weight is 320 g/mol. The van der Waals surface area contributed by atoms with Crippen LogP contribution in [0.1, 0.15) is 25.3 Å². The van der Waals surface area contributed by atoms with Crippen molar-refractivity contribution in [2.24, 2.45) is 5.92 Å². The van der Waals surface area contributed by atoms with Crippen LogP contribution in [0.2, 0.25) is 0 Å². The summed E-state index contributed by atoms with van der Waals surface area (Å²) >= 11 is 0. The first-order chi connectivity index (χ1) is 11.0. The van der Waals surface area contributed by atoms with Crippen molar-refractivity contribution in [3.8, 4) is 11.5 Å². The summed E-state index contributed by atoms with van der Waals surface area (Å²) in [6.45, 7) is 5.22. The fourth-order valence-electron chi connectivity index (χ4n) is 3.20. The van der Waals surface area contributed by atoms with Crippen LogP contribution in [0.15, 0.2) is 18.2 Å². The number of amides is 1. The Morgan fingerprint density at radius 3 is 2.83 bits per heavy atom. The fourth-order valence-corrected chi connectivity index (χ4v) is 3.20. The topological polar surface area (TPSA) is 42.0 Å². The van der Waals surface area contributed by atoms with Gasteiger partial charge in [0, 0.05) is 38.7 Å². The summed E-state index contributed by atoms with van der Waals surface area (Å²) in [5.74, 6) is 2.40. The number of likely N-dealkylation sites (tertiary alicyclic amines) is 1. The lowest BCUT2D eigenvalue weighted by Gasteiger charge is -2.32. The van der Waals surface area contributed by atoms with Crippen molar-refractivity contribution in [1.29, 1.82) is 0 Å². The number of piperidine rings is 1. The van der Waals surface area contributed by atoms with Gasteiger partial charge in [-0.3, -0.25) is 4.79 Å². The largest absolute Gasteiger partial charge is 0.493 e. The van der Waals surface area contributed by atoms with E-state index in [2.05, 4.69) is 18.0 Å². The molecule has 1 unspecified atom stereocenters. The van der Waals surface area contributed by atoms with Gasteiger partial charge in [-0.2, -0.15) is 0 Å². The monoisotopic (exact) mass is 320 g/mol. The number of rotatable bonds is 7. The lowest BCUT2D eigenvalue weighted by atomic mass is 9.97. The summed E-state index contributed by atoms with van der Waals surface area (Å²) in [4.78, 5) is 15.7. The lowest BCUT2D eigenvalue weighted by Crippen LogP contribution is -2.41. The van der Waals surface area contributed by atoms with Crippen LogP contribution >= 0.6 is 0 Å². The molecule has 1 saturated heterocycles. The SMILES string of the molecule is CCOc1c(CN(C)CC2CCC(=O)N(C)C2)cccc1OC. The molecule has 5 nitrogen and oxygen atoms in total. The van der Waals surface area contributed by atoms with Crippen LogP contribution < -0.4 is 9.47 Å². The highest BCUT2D eigenvalue weighted by Gasteiger charge is 2.24. The maximum atomic E-state index is 11.6. The molecule has 0 saturated carbocycles. The number of nitrogens with zero attached hydrogens (tertiary/aromatic N) is 2. The zero-order chi connectivity index (χ0) is 16.8. The smallest absolute Gasteiger partial charge is 0.222 e. The second kappa shape index (κ2) is 8.20. The molecule has 1 aromatic carbocycles. The maximum Gasteiger partial charge on any atom is 0.222 e. The Bertz CT molecular complexity index is 533. The molecular formula is C18H28N2O3. The molecule has 0 radical (unpaired) electrons. The molecule has 23 heavy (non-hydrogen) atoms. The van der Waals surface area contributed by atoms with E-state index in [-0.39, 0.29) is 5.91 Å². The quantitative estimate of drug-likeness (QED) is 0.774. The molecule has 128 valence electrons. The van der Waals surface area contributed by atoms with E-state index in [0.717, 1.165) is 43.1 Å². The van der Waals surface area contributed by atoms with Gasteiger partial charge in [0.1, 0.15) is 0 Å². The summed E-state index contributed by atoms with van der Waals surface area (Å²) in [6.07, 6.45) is 1.64. The van der Waals surface area contributed by atoms with Crippen molar-refractivity contribution >= 4 is 5.91 Å². The van der Waals surface area contributed by atoms with Crippen LogP contribution in [0.25, 0.3) is 0 Å². The summed E-state index contributed by atoms with van der Waals surface area (Å²) in [6, 6.07) is 6.01. The molecular weight excluding hydrogens is 292 g/mol. The standard InChI is InChI=1S/C18H28N2O3/c1-5-23-18-15(7-6-8-16(18)22-4)13-19(2)11-14-9-10-17(21)20(3)12-14/h6-8,14H,5,9-13H2,1-4H3. The highest BCUT2D eigenvalue weighted by Crippen LogP contribution is 2.32. The van der Waals surface area contributed by atoms with E-state index in [4.69, 9.17) is 9.47 Å². The molecule has 1 atom stereocenters. The van der Waals surface area contributed by atoms with Crippen molar-refractivity contribution in [3.63, 3.8) is 0 Å². The normalized spacial score (nSPS) is 18.4. The molecule has 1 aliphatic heterocycles. The van der Waals surface area contributed by atoms with Crippen molar-refractivity contribution in [2.45, 2.75) is 26.3 Å². The first kappa shape index (κ1) is 17.6. The summed E-state index contributed by atoms with van der Waals surface area (Å²) in [5, 5.41) is 0. The molecule has 5 heteroatoms.